The van der Waals surface area contributed by atoms with Crippen molar-refractivity contribution in [3.63, 3.8) is 0 Å². The van der Waals surface area contributed by atoms with Crippen LogP contribution in [0.1, 0.15) is 51.9 Å². The summed E-state index contributed by atoms with van der Waals surface area (Å²) in [6.45, 7) is 2.12. The molecule has 18 heavy (non-hydrogen) atoms. The van der Waals surface area contributed by atoms with Gasteiger partial charge in [-0.15, -0.1) is 0 Å². The van der Waals surface area contributed by atoms with Gasteiger partial charge in [-0.05, 0) is 32.1 Å². The second-order valence-electron chi connectivity index (χ2n) is 5.22. The van der Waals surface area contributed by atoms with Crippen molar-refractivity contribution < 1.29 is 19.1 Å². The first-order valence-corrected chi connectivity index (χ1v) is 7.04. The Kier molecular flexibility index (Phi) is 4.75. The van der Waals surface area contributed by atoms with Crippen LogP contribution in [0.15, 0.2) is 0 Å². The van der Waals surface area contributed by atoms with Gasteiger partial charge in [0, 0.05) is 6.42 Å². The van der Waals surface area contributed by atoms with Crippen LogP contribution in [0.4, 0.5) is 0 Å². The van der Waals surface area contributed by atoms with Gasteiger partial charge in [0.15, 0.2) is 5.78 Å². The second-order valence-corrected chi connectivity index (χ2v) is 5.22. The van der Waals surface area contributed by atoms with Gasteiger partial charge in [0.25, 0.3) is 0 Å². The number of fused-ring (bicyclic) bond motifs is 1. The highest BCUT2D eigenvalue weighted by atomic mass is 16.5. The maximum Gasteiger partial charge on any atom is 0.308 e. The molecule has 3 atom stereocenters. The number of ketones is 1. The van der Waals surface area contributed by atoms with Gasteiger partial charge in [0.2, 0.25) is 0 Å². The smallest absolute Gasteiger partial charge is 0.308 e. The largest absolute Gasteiger partial charge is 0.466 e. The van der Waals surface area contributed by atoms with Crippen LogP contribution in [0.3, 0.4) is 0 Å². The monoisotopic (exact) mass is 254 g/mol. The molecule has 1 saturated carbocycles. The normalized spacial score (nSPS) is 32.5. The summed E-state index contributed by atoms with van der Waals surface area (Å²) in [5.41, 5.74) is 0. The van der Waals surface area contributed by atoms with Gasteiger partial charge in [0.1, 0.15) is 6.10 Å². The van der Waals surface area contributed by atoms with E-state index in [1.165, 1.54) is 12.8 Å². The summed E-state index contributed by atoms with van der Waals surface area (Å²) in [7, 11) is 0. The van der Waals surface area contributed by atoms with Crippen molar-refractivity contribution in [3.8, 4) is 0 Å². The quantitative estimate of drug-likeness (QED) is 0.725. The molecule has 0 bridgehead atoms. The van der Waals surface area contributed by atoms with E-state index in [2.05, 4.69) is 0 Å². The summed E-state index contributed by atoms with van der Waals surface area (Å²) in [6.07, 6.45) is 5.73. The Morgan fingerprint density at radius 3 is 2.89 bits per heavy atom. The number of hydrogen-bond acceptors (Lipinski definition) is 4. The van der Waals surface area contributed by atoms with Gasteiger partial charge in [-0.2, -0.15) is 0 Å². The molecule has 0 amide bonds. The molecule has 2 fully saturated rings. The van der Waals surface area contributed by atoms with E-state index < -0.39 is 6.10 Å². The Hall–Kier alpha value is -0.900. The fourth-order valence-corrected chi connectivity index (χ4v) is 2.99. The molecule has 0 spiro atoms. The first-order chi connectivity index (χ1) is 8.70. The predicted octanol–water partition coefficient (Wildman–Crippen LogP) is 2.25. The van der Waals surface area contributed by atoms with E-state index in [-0.39, 0.29) is 24.3 Å². The average molecular weight is 254 g/mol. The SMILES string of the molecule is CCOC(=O)C[C@@H]1O[C@@H]2CCCC[C@H]2CCC1=O. The molecule has 4 nitrogen and oxygen atoms in total. The summed E-state index contributed by atoms with van der Waals surface area (Å²) in [5.74, 6) is 0.248. The van der Waals surface area contributed by atoms with Crippen molar-refractivity contribution in [3.05, 3.63) is 0 Å². The van der Waals surface area contributed by atoms with Crippen LogP contribution in [-0.4, -0.2) is 30.6 Å². The zero-order chi connectivity index (χ0) is 13.0. The molecule has 0 aromatic heterocycles. The van der Waals surface area contributed by atoms with Crippen LogP contribution >= 0.6 is 0 Å². The van der Waals surface area contributed by atoms with Crippen LogP contribution in [0, 0.1) is 5.92 Å². The summed E-state index contributed by atoms with van der Waals surface area (Å²) in [5, 5.41) is 0. The third-order valence-corrected chi connectivity index (χ3v) is 3.96. The summed E-state index contributed by atoms with van der Waals surface area (Å²) in [4.78, 5) is 23.4. The van der Waals surface area contributed by atoms with Crippen LogP contribution in [0.5, 0.6) is 0 Å². The maximum absolute atomic E-state index is 12.0. The molecule has 0 radical (unpaired) electrons. The topological polar surface area (TPSA) is 52.6 Å². The van der Waals surface area contributed by atoms with Crippen molar-refractivity contribution >= 4 is 11.8 Å². The van der Waals surface area contributed by atoms with E-state index in [9.17, 15) is 9.59 Å². The minimum atomic E-state index is -0.572. The third-order valence-electron chi connectivity index (χ3n) is 3.96. The molecule has 2 aliphatic rings. The van der Waals surface area contributed by atoms with Gasteiger partial charge in [0.05, 0.1) is 19.1 Å². The molecule has 0 aromatic carbocycles. The average Bonchev–Trinajstić information content (AvgIpc) is 2.51. The van der Waals surface area contributed by atoms with Gasteiger partial charge in [-0.25, -0.2) is 0 Å². The number of rotatable bonds is 3. The van der Waals surface area contributed by atoms with Crippen LogP contribution in [0.25, 0.3) is 0 Å². The van der Waals surface area contributed by atoms with E-state index in [0.717, 1.165) is 19.3 Å². The highest BCUT2D eigenvalue weighted by Crippen LogP contribution is 2.34. The Bertz CT molecular complexity index is 313. The second kappa shape index (κ2) is 6.32. The van der Waals surface area contributed by atoms with Gasteiger partial charge in [-0.3, -0.25) is 9.59 Å². The minimum Gasteiger partial charge on any atom is -0.466 e. The first kappa shape index (κ1) is 13.5. The van der Waals surface area contributed by atoms with Crippen molar-refractivity contribution in [1.82, 2.24) is 0 Å². The molecule has 0 aromatic rings. The van der Waals surface area contributed by atoms with Crippen molar-refractivity contribution in [2.45, 2.75) is 64.1 Å². The molecule has 102 valence electrons. The van der Waals surface area contributed by atoms with Gasteiger partial charge >= 0.3 is 5.97 Å². The molecular weight excluding hydrogens is 232 g/mol. The predicted molar refractivity (Wildman–Crippen MR) is 66.1 cm³/mol. The van der Waals surface area contributed by atoms with Crippen LogP contribution in [0.2, 0.25) is 0 Å². The van der Waals surface area contributed by atoms with Crippen molar-refractivity contribution in [2.75, 3.05) is 6.61 Å². The first-order valence-electron chi connectivity index (χ1n) is 7.04. The lowest BCUT2D eigenvalue weighted by molar-refractivity contribution is -0.153. The summed E-state index contributed by atoms with van der Waals surface area (Å²) < 4.78 is 10.8. The Labute approximate surface area is 108 Å². The van der Waals surface area contributed by atoms with E-state index in [1.54, 1.807) is 6.92 Å². The molecule has 0 N–H and O–H groups in total. The number of Topliss-reactive ketones (excluding diaryl/α,β-unsaturated/α-hetero) is 1. The van der Waals surface area contributed by atoms with Crippen molar-refractivity contribution in [2.24, 2.45) is 5.92 Å². The molecule has 4 heteroatoms. The number of carbonyl (C=O) groups excluding carboxylic acids is 2. The Morgan fingerprint density at radius 2 is 2.11 bits per heavy atom. The number of carbonyl (C=O) groups is 2. The zero-order valence-electron chi connectivity index (χ0n) is 11.0. The lowest BCUT2D eigenvalue weighted by Gasteiger charge is -2.30. The Morgan fingerprint density at radius 1 is 1.33 bits per heavy atom. The van der Waals surface area contributed by atoms with Gasteiger partial charge < -0.3 is 9.47 Å². The molecule has 1 saturated heterocycles. The molecule has 2 rings (SSSR count). The van der Waals surface area contributed by atoms with E-state index in [4.69, 9.17) is 9.47 Å². The summed E-state index contributed by atoms with van der Waals surface area (Å²) in [6, 6.07) is 0. The van der Waals surface area contributed by atoms with Crippen LogP contribution in [-0.2, 0) is 19.1 Å². The minimum absolute atomic E-state index is 0.0671. The number of esters is 1. The van der Waals surface area contributed by atoms with E-state index >= 15 is 0 Å². The number of hydrogen-bond donors (Lipinski definition) is 0. The molecule has 0 unspecified atom stereocenters. The third kappa shape index (κ3) is 3.31. The fourth-order valence-electron chi connectivity index (χ4n) is 2.99. The zero-order valence-corrected chi connectivity index (χ0v) is 11.0. The highest BCUT2D eigenvalue weighted by Gasteiger charge is 2.35. The molecular formula is C14H22O4. The lowest BCUT2D eigenvalue weighted by atomic mass is 9.84. The highest BCUT2D eigenvalue weighted by molar-refractivity contribution is 5.87. The van der Waals surface area contributed by atoms with Crippen LogP contribution < -0.4 is 0 Å². The van der Waals surface area contributed by atoms with Gasteiger partial charge in [-0.1, -0.05) is 12.8 Å². The molecule has 1 aliphatic heterocycles. The lowest BCUT2D eigenvalue weighted by Crippen LogP contribution is -2.33. The standard InChI is InChI=1S/C14H22O4/c1-2-17-14(16)9-13-11(15)8-7-10-5-3-4-6-12(10)18-13/h10,12-13H,2-9H2,1H3/t10-,12+,13-/m0/s1. The number of ether oxygens (including phenoxy) is 2. The fraction of sp³-hybridized carbons (Fsp3) is 0.857. The van der Waals surface area contributed by atoms with E-state index in [1.807, 2.05) is 0 Å². The van der Waals surface area contributed by atoms with E-state index in [0.29, 0.717) is 18.9 Å². The molecule has 1 heterocycles. The Balaban J connectivity index is 1.96. The maximum atomic E-state index is 12.0. The summed E-state index contributed by atoms with van der Waals surface area (Å²) >= 11 is 0. The van der Waals surface area contributed by atoms with Crippen molar-refractivity contribution in [1.29, 1.82) is 0 Å². The molecule has 1 aliphatic carbocycles.